The molecule has 1 spiro atoms. The van der Waals surface area contributed by atoms with Crippen molar-refractivity contribution in [3.05, 3.63) is 0 Å². The fourth-order valence-corrected chi connectivity index (χ4v) is 3.74. The lowest BCUT2D eigenvalue weighted by atomic mass is 9.75. The number of alkyl halides is 2. The zero-order chi connectivity index (χ0) is 14.2. The first-order chi connectivity index (χ1) is 9.50. The summed E-state index contributed by atoms with van der Waals surface area (Å²) in [4.78, 5) is 14.2. The molecule has 1 N–H and O–H groups in total. The maximum atomic E-state index is 13.2. The monoisotopic (exact) mass is 288 g/mol. The van der Waals surface area contributed by atoms with Crippen LogP contribution < -0.4 is 5.32 Å². The smallest absolute Gasteiger partial charge is 0.262 e. The van der Waals surface area contributed by atoms with E-state index in [9.17, 15) is 13.6 Å². The van der Waals surface area contributed by atoms with Gasteiger partial charge in [-0.2, -0.15) is 0 Å². The van der Waals surface area contributed by atoms with Crippen LogP contribution in [0.15, 0.2) is 0 Å². The third kappa shape index (κ3) is 2.81. The number of ether oxygens (including phenoxy) is 1. The second kappa shape index (κ2) is 5.22. The molecule has 3 heterocycles. The van der Waals surface area contributed by atoms with Crippen LogP contribution in [0.25, 0.3) is 0 Å². The Morgan fingerprint density at radius 3 is 2.75 bits per heavy atom. The Morgan fingerprint density at radius 2 is 2.10 bits per heavy atom. The third-order valence-corrected chi connectivity index (χ3v) is 4.79. The SMILES string of the molecule is O=C(C1CC(F)(F)CN1)N1CCCC2(CCCOC2)C1. The van der Waals surface area contributed by atoms with E-state index < -0.39 is 12.0 Å². The van der Waals surface area contributed by atoms with Crippen molar-refractivity contribution in [3.63, 3.8) is 0 Å². The number of piperidine rings is 1. The third-order valence-electron chi connectivity index (χ3n) is 4.79. The molecular formula is C14H22F2N2O2. The number of nitrogens with one attached hydrogen (secondary N) is 1. The number of nitrogens with zero attached hydrogens (tertiary/aromatic N) is 1. The predicted molar refractivity (Wildman–Crippen MR) is 69.7 cm³/mol. The maximum absolute atomic E-state index is 13.2. The number of hydrogen-bond acceptors (Lipinski definition) is 3. The van der Waals surface area contributed by atoms with E-state index in [4.69, 9.17) is 4.74 Å². The molecule has 114 valence electrons. The summed E-state index contributed by atoms with van der Waals surface area (Å²) in [5, 5.41) is 2.66. The van der Waals surface area contributed by atoms with Gasteiger partial charge in [-0.25, -0.2) is 8.78 Å². The first kappa shape index (κ1) is 14.2. The molecule has 20 heavy (non-hydrogen) atoms. The van der Waals surface area contributed by atoms with Gasteiger partial charge in [-0.3, -0.25) is 10.1 Å². The second-order valence-electron chi connectivity index (χ2n) is 6.51. The van der Waals surface area contributed by atoms with Crippen LogP contribution in [0.4, 0.5) is 8.78 Å². The zero-order valence-electron chi connectivity index (χ0n) is 11.7. The van der Waals surface area contributed by atoms with E-state index in [0.717, 1.165) is 32.3 Å². The number of carbonyl (C=O) groups is 1. The van der Waals surface area contributed by atoms with Crippen molar-refractivity contribution in [2.45, 2.75) is 44.1 Å². The lowest BCUT2D eigenvalue weighted by Gasteiger charge is -2.45. The van der Waals surface area contributed by atoms with Gasteiger partial charge in [0.1, 0.15) is 0 Å². The van der Waals surface area contributed by atoms with Crippen LogP contribution in [0.5, 0.6) is 0 Å². The van der Waals surface area contributed by atoms with Crippen molar-refractivity contribution < 1.29 is 18.3 Å². The van der Waals surface area contributed by atoms with Crippen molar-refractivity contribution >= 4 is 5.91 Å². The molecule has 1 amide bonds. The molecule has 3 aliphatic rings. The van der Waals surface area contributed by atoms with Crippen molar-refractivity contribution in [2.75, 3.05) is 32.8 Å². The molecule has 3 saturated heterocycles. The van der Waals surface area contributed by atoms with Crippen LogP contribution in [-0.4, -0.2) is 55.6 Å². The average molecular weight is 288 g/mol. The molecule has 0 bridgehead atoms. The van der Waals surface area contributed by atoms with Crippen molar-refractivity contribution in [1.29, 1.82) is 0 Å². The Hall–Kier alpha value is -0.750. The summed E-state index contributed by atoms with van der Waals surface area (Å²) >= 11 is 0. The van der Waals surface area contributed by atoms with Crippen molar-refractivity contribution in [1.82, 2.24) is 10.2 Å². The van der Waals surface area contributed by atoms with Crippen LogP contribution in [0.1, 0.15) is 32.1 Å². The highest BCUT2D eigenvalue weighted by molar-refractivity contribution is 5.82. The highest BCUT2D eigenvalue weighted by atomic mass is 19.3. The van der Waals surface area contributed by atoms with E-state index in [0.29, 0.717) is 19.7 Å². The van der Waals surface area contributed by atoms with Crippen molar-refractivity contribution in [3.8, 4) is 0 Å². The summed E-state index contributed by atoms with van der Waals surface area (Å²) in [6.45, 7) is 2.46. The van der Waals surface area contributed by atoms with Crippen LogP contribution in [0.3, 0.4) is 0 Å². The van der Waals surface area contributed by atoms with Gasteiger partial charge in [-0.05, 0) is 25.7 Å². The van der Waals surface area contributed by atoms with Gasteiger partial charge in [0.2, 0.25) is 5.91 Å². The normalized spacial score (nSPS) is 37.3. The molecular weight excluding hydrogens is 266 g/mol. The summed E-state index contributed by atoms with van der Waals surface area (Å²) in [5.74, 6) is -2.91. The van der Waals surface area contributed by atoms with Gasteiger partial charge in [0.15, 0.2) is 0 Å². The van der Waals surface area contributed by atoms with Gasteiger partial charge < -0.3 is 9.64 Å². The molecule has 0 aliphatic carbocycles. The fourth-order valence-electron chi connectivity index (χ4n) is 3.74. The number of likely N-dealkylation sites (tertiary alicyclic amines) is 1. The minimum absolute atomic E-state index is 0.0628. The topological polar surface area (TPSA) is 41.6 Å². The summed E-state index contributed by atoms with van der Waals surface area (Å²) in [6.07, 6.45) is 3.75. The van der Waals surface area contributed by atoms with Gasteiger partial charge >= 0.3 is 0 Å². The largest absolute Gasteiger partial charge is 0.381 e. The zero-order valence-corrected chi connectivity index (χ0v) is 11.7. The van der Waals surface area contributed by atoms with Gasteiger partial charge in [0.25, 0.3) is 5.92 Å². The molecule has 2 unspecified atom stereocenters. The van der Waals surface area contributed by atoms with Crippen LogP contribution in [-0.2, 0) is 9.53 Å². The molecule has 3 rings (SSSR count). The molecule has 6 heteroatoms. The Balaban J connectivity index is 1.63. The van der Waals surface area contributed by atoms with Gasteiger partial charge in [0.05, 0.1) is 19.2 Å². The minimum atomic E-state index is -2.75. The molecule has 0 aromatic rings. The summed E-state index contributed by atoms with van der Waals surface area (Å²) in [6, 6.07) is -0.718. The number of amides is 1. The fraction of sp³-hybridized carbons (Fsp3) is 0.929. The Labute approximate surface area is 117 Å². The molecule has 4 nitrogen and oxygen atoms in total. The van der Waals surface area contributed by atoms with E-state index in [-0.39, 0.29) is 24.3 Å². The number of hydrogen-bond donors (Lipinski definition) is 1. The van der Waals surface area contributed by atoms with Crippen LogP contribution in [0.2, 0.25) is 0 Å². The van der Waals surface area contributed by atoms with E-state index in [1.807, 2.05) is 0 Å². The number of rotatable bonds is 1. The molecule has 0 aromatic carbocycles. The summed E-state index contributed by atoms with van der Waals surface area (Å²) in [7, 11) is 0. The van der Waals surface area contributed by atoms with E-state index in [1.54, 1.807) is 4.90 Å². The summed E-state index contributed by atoms with van der Waals surface area (Å²) in [5.41, 5.74) is 0.0628. The Morgan fingerprint density at radius 1 is 1.30 bits per heavy atom. The van der Waals surface area contributed by atoms with E-state index in [2.05, 4.69) is 5.32 Å². The minimum Gasteiger partial charge on any atom is -0.381 e. The van der Waals surface area contributed by atoms with Gasteiger partial charge in [0, 0.05) is 31.5 Å². The van der Waals surface area contributed by atoms with Crippen LogP contribution >= 0.6 is 0 Å². The lowest BCUT2D eigenvalue weighted by Crippen LogP contribution is -2.53. The standard InChI is InChI=1S/C14H22F2N2O2/c15-14(16)7-11(17-8-14)12(19)18-5-1-3-13(9-18)4-2-6-20-10-13/h11,17H,1-10H2. The molecule has 0 saturated carbocycles. The predicted octanol–water partition coefficient (Wildman–Crippen LogP) is 1.40. The van der Waals surface area contributed by atoms with Crippen LogP contribution in [0, 0.1) is 5.41 Å². The highest BCUT2D eigenvalue weighted by Gasteiger charge is 2.46. The Kier molecular flexibility index (Phi) is 3.71. The van der Waals surface area contributed by atoms with Gasteiger partial charge in [-0.15, -0.1) is 0 Å². The quantitative estimate of drug-likeness (QED) is 0.793. The van der Waals surface area contributed by atoms with E-state index >= 15 is 0 Å². The first-order valence-corrected chi connectivity index (χ1v) is 7.48. The second-order valence-corrected chi connectivity index (χ2v) is 6.51. The average Bonchev–Trinajstić information content (AvgIpc) is 2.79. The summed E-state index contributed by atoms with van der Waals surface area (Å²) < 4.78 is 32.0. The van der Waals surface area contributed by atoms with Gasteiger partial charge in [-0.1, -0.05) is 0 Å². The molecule has 3 aliphatic heterocycles. The Bertz CT molecular complexity index is 378. The highest BCUT2D eigenvalue weighted by Crippen LogP contribution is 2.38. The maximum Gasteiger partial charge on any atom is 0.262 e. The lowest BCUT2D eigenvalue weighted by molar-refractivity contribution is -0.140. The number of carbonyl (C=O) groups excluding carboxylic acids is 1. The van der Waals surface area contributed by atoms with E-state index in [1.165, 1.54) is 0 Å². The molecule has 3 fully saturated rings. The van der Waals surface area contributed by atoms with Crippen molar-refractivity contribution in [2.24, 2.45) is 5.41 Å². The number of halogens is 2. The molecule has 0 aromatic heterocycles. The molecule has 2 atom stereocenters. The first-order valence-electron chi connectivity index (χ1n) is 7.48. The molecule has 0 radical (unpaired) electrons.